The molecule has 1 atom stereocenters. The van der Waals surface area contributed by atoms with Gasteiger partial charge in [0, 0.05) is 16.3 Å². The van der Waals surface area contributed by atoms with Crippen LogP contribution in [0.15, 0.2) is 33.6 Å². The van der Waals surface area contributed by atoms with Crippen molar-refractivity contribution in [3.63, 3.8) is 0 Å². The molecule has 1 aromatic carbocycles. The van der Waals surface area contributed by atoms with Crippen molar-refractivity contribution in [1.82, 2.24) is 4.72 Å². The van der Waals surface area contributed by atoms with E-state index in [0.29, 0.717) is 16.7 Å². The van der Waals surface area contributed by atoms with Crippen LogP contribution >= 0.6 is 27.7 Å². The number of sulfonamides is 1. The predicted molar refractivity (Wildman–Crippen MR) is 74.8 cm³/mol. The predicted octanol–water partition coefficient (Wildman–Crippen LogP) is 2.62. The minimum Gasteiger partial charge on any atom is -0.210 e. The second-order valence-electron chi connectivity index (χ2n) is 3.94. The fourth-order valence-corrected chi connectivity index (χ4v) is 4.71. The fraction of sp³-hybridized carbons (Fsp3) is 0.455. The Balaban J connectivity index is 2.03. The third kappa shape index (κ3) is 3.71. The Kier molecular flexibility index (Phi) is 4.52. The Morgan fingerprint density at radius 2 is 2.29 bits per heavy atom. The number of halogens is 1. The van der Waals surface area contributed by atoms with Gasteiger partial charge in [-0.3, -0.25) is 0 Å². The normalized spacial score (nSPS) is 20.6. The summed E-state index contributed by atoms with van der Waals surface area (Å²) >= 11 is 5.12. The Bertz CT molecular complexity index is 484. The SMILES string of the molecule is O=S(=O)(NCC1CCCS1)c1cccc(Br)c1. The summed E-state index contributed by atoms with van der Waals surface area (Å²) in [5, 5.41) is 0.428. The lowest BCUT2D eigenvalue weighted by atomic mass is 10.2. The number of rotatable bonds is 4. The van der Waals surface area contributed by atoms with E-state index in [9.17, 15) is 8.42 Å². The highest BCUT2D eigenvalue weighted by atomic mass is 79.9. The number of nitrogens with one attached hydrogen (secondary N) is 1. The van der Waals surface area contributed by atoms with Crippen molar-refractivity contribution in [2.24, 2.45) is 0 Å². The molecule has 1 aliphatic rings. The van der Waals surface area contributed by atoms with Gasteiger partial charge in [0.15, 0.2) is 0 Å². The van der Waals surface area contributed by atoms with Crippen molar-refractivity contribution < 1.29 is 8.42 Å². The van der Waals surface area contributed by atoms with Crippen LogP contribution < -0.4 is 4.72 Å². The first kappa shape index (κ1) is 13.4. The molecule has 0 radical (unpaired) electrons. The minimum atomic E-state index is -3.36. The molecule has 0 bridgehead atoms. The van der Waals surface area contributed by atoms with E-state index in [1.165, 1.54) is 6.42 Å². The van der Waals surface area contributed by atoms with Gasteiger partial charge in [-0.25, -0.2) is 13.1 Å². The number of thioether (sulfide) groups is 1. The standard InChI is InChI=1S/C11H14BrNO2S2/c12-9-3-1-5-11(7-9)17(14,15)13-8-10-4-2-6-16-10/h1,3,5,7,10,13H,2,4,6,8H2. The number of hydrogen-bond donors (Lipinski definition) is 1. The molecule has 17 heavy (non-hydrogen) atoms. The van der Waals surface area contributed by atoms with Gasteiger partial charge >= 0.3 is 0 Å². The van der Waals surface area contributed by atoms with Crippen LogP contribution in [0.3, 0.4) is 0 Å². The van der Waals surface area contributed by atoms with Gasteiger partial charge in [-0.05, 0) is 36.8 Å². The van der Waals surface area contributed by atoms with E-state index < -0.39 is 10.0 Å². The van der Waals surface area contributed by atoms with Gasteiger partial charge in [0.1, 0.15) is 0 Å². The van der Waals surface area contributed by atoms with Crippen molar-refractivity contribution in [1.29, 1.82) is 0 Å². The van der Waals surface area contributed by atoms with E-state index >= 15 is 0 Å². The molecule has 1 aliphatic heterocycles. The van der Waals surface area contributed by atoms with Crippen molar-refractivity contribution >= 4 is 37.7 Å². The van der Waals surface area contributed by atoms with E-state index in [4.69, 9.17) is 0 Å². The van der Waals surface area contributed by atoms with Gasteiger partial charge in [0.25, 0.3) is 0 Å². The van der Waals surface area contributed by atoms with Crippen molar-refractivity contribution in [2.45, 2.75) is 23.0 Å². The molecule has 0 aliphatic carbocycles. The van der Waals surface area contributed by atoms with Crippen molar-refractivity contribution in [3.05, 3.63) is 28.7 Å². The first-order chi connectivity index (χ1) is 8.08. The highest BCUT2D eigenvalue weighted by molar-refractivity contribution is 9.10. The zero-order chi connectivity index (χ0) is 12.3. The molecule has 2 rings (SSSR count). The first-order valence-corrected chi connectivity index (χ1v) is 8.77. The summed E-state index contributed by atoms with van der Waals surface area (Å²) < 4.78 is 27.4. The molecule has 6 heteroatoms. The van der Waals surface area contributed by atoms with Crippen LogP contribution in [0.1, 0.15) is 12.8 Å². The molecule has 94 valence electrons. The Hall–Kier alpha value is -0.0400. The summed E-state index contributed by atoms with van der Waals surface area (Å²) in [5.74, 6) is 1.14. The summed E-state index contributed by atoms with van der Waals surface area (Å²) in [6.07, 6.45) is 2.29. The maximum absolute atomic E-state index is 12.0. The average molecular weight is 336 g/mol. The molecule has 1 aromatic rings. The van der Waals surface area contributed by atoms with Gasteiger partial charge in [0.05, 0.1) is 4.90 Å². The van der Waals surface area contributed by atoms with Crippen LogP contribution in [0.5, 0.6) is 0 Å². The van der Waals surface area contributed by atoms with Crippen LogP contribution in [0.25, 0.3) is 0 Å². The second-order valence-corrected chi connectivity index (χ2v) is 8.04. The maximum atomic E-state index is 12.0. The summed E-state index contributed by atoms with van der Waals surface area (Å²) in [7, 11) is -3.36. The lowest BCUT2D eigenvalue weighted by molar-refractivity contribution is 0.579. The molecule has 1 saturated heterocycles. The highest BCUT2D eigenvalue weighted by Gasteiger charge is 2.20. The van der Waals surface area contributed by atoms with Crippen LogP contribution in [-0.4, -0.2) is 26.0 Å². The molecular weight excluding hydrogens is 322 g/mol. The third-order valence-electron chi connectivity index (χ3n) is 2.63. The van der Waals surface area contributed by atoms with Gasteiger partial charge in [-0.2, -0.15) is 11.8 Å². The monoisotopic (exact) mass is 335 g/mol. The number of benzene rings is 1. The summed E-state index contributed by atoms with van der Waals surface area (Å²) in [4.78, 5) is 0.315. The molecule has 1 N–H and O–H groups in total. The van der Waals surface area contributed by atoms with Crippen molar-refractivity contribution in [3.8, 4) is 0 Å². The molecule has 0 spiro atoms. The van der Waals surface area contributed by atoms with E-state index in [0.717, 1.165) is 16.6 Å². The molecule has 0 saturated carbocycles. The Morgan fingerprint density at radius 1 is 1.47 bits per heavy atom. The topological polar surface area (TPSA) is 46.2 Å². The van der Waals surface area contributed by atoms with Crippen LogP contribution in [0, 0.1) is 0 Å². The smallest absolute Gasteiger partial charge is 0.210 e. The molecule has 1 heterocycles. The Morgan fingerprint density at radius 3 is 2.94 bits per heavy atom. The van der Waals surface area contributed by atoms with Crippen LogP contribution in [0.4, 0.5) is 0 Å². The van der Waals surface area contributed by atoms with E-state index in [1.54, 1.807) is 18.2 Å². The number of hydrogen-bond acceptors (Lipinski definition) is 3. The maximum Gasteiger partial charge on any atom is 0.240 e. The van der Waals surface area contributed by atoms with Crippen molar-refractivity contribution in [2.75, 3.05) is 12.3 Å². The zero-order valence-electron chi connectivity index (χ0n) is 9.23. The summed E-state index contributed by atoms with van der Waals surface area (Å²) in [6, 6.07) is 6.76. The van der Waals surface area contributed by atoms with Crippen LogP contribution in [-0.2, 0) is 10.0 Å². The molecule has 1 fully saturated rings. The third-order valence-corrected chi connectivity index (χ3v) is 5.94. The molecule has 1 unspecified atom stereocenters. The van der Waals surface area contributed by atoms with E-state index in [2.05, 4.69) is 20.7 Å². The van der Waals surface area contributed by atoms with E-state index in [1.807, 2.05) is 17.8 Å². The molecule has 0 aromatic heterocycles. The average Bonchev–Trinajstić information content (AvgIpc) is 2.79. The first-order valence-electron chi connectivity index (χ1n) is 5.45. The molecule has 0 amide bonds. The van der Waals surface area contributed by atoms with Gasteiger partial charge in [-0.15, -0.1) is 0 Å². The largest absolute Gasteiger partial charge is 0.240 e. The van der Waals surface area contributed by atoms with Gasteiger partial charge in [0.2, 0.25) is 10.0 Å². The lowest BCUT2D eigenvalue weighted by Crippen LogP contribution is -2.29. The fourth-order valence-electron chi connectivity index (χ4n) is 1.73. The summed E-state index contributed by atoms with van der Waals surface area (Å²) in [5.41, 5.74) is 0. The zero-order valence-corrected chi connectivity index (χ0v) is 12.4. The van der Waals surface area contributed by atoms with Gasteiger partial charge in [-0.1, -0.05) is 22.0 Å². The molecular formula is C11H14BrNO2S2. The molecule has 3 nitrogen and oxygen atoms in total. The second kappa shape index (κ2) is 5.73. The summed E-state index contributed by atoms with van der Waals surface area (Å²) in [6.45, 7) is 0.527. The minimum absolute atomic E-state index is 0.315. The van der Waals surface area contributed by atoms with Crippen LogP contribution in [0.2, 0.25) is 0 Å². The lowest BCUT2D eigenvalue weighted by Gasteiger charge is -2.10. The van der Waals surface area contributed by atoms with Gasteiger partial charge < -0.3 is 0 Å². The quantitative estimate of drug-likeness (QED) is 0.919. The van der Waals surface area contributed by atoms with E-state index in [-0.39, 0.29) is 0 Å². The highest BCUT2D eigenvalue weighted by Crippen LogP contribution is 2.25. The Labute approximate surface area is 115 Å².